The first-order valence-electron chi connectivity index (χ1n) is 20.4. The first-order chi connectivity index (χ1) is 30.5. The van der Waals surface area contributed by atoms with Crippen LogP contribution in [0.1, 0.15) is 48.9 Å². The number of anilines is 2. The number of hydrogen-bond donors (Lipinski definition) is 2. The highest BCUT2D eigenvalue weighted by atomic mass is 32.2. The second kappa shape index (κ2) is 21.5. The van der Waals surface area contributed by atoms with Crippen molar-refractivity contribution in [3.63, 3.8) is 0 Å². The average Bonchev–Trinajstić information content (AvgIpc) is 3.26. The van der Waals surface area contributed by atoms with E-state index in [4.69, 9.17) is 14.6 Å². The fourth-order valence-corrected chi connectivity index (χ4v) is 9.86. The van der Waals surface area contributed by atoms with E-state index >= 15 is 0 Å². The van der Waals surface area contributed by atoms with Gasteiger partial charge in [0.1, 0.15) is 13.1 Å². The number of carbonyl (C=O) groups excluding carboxylic acids is 2. The topological polar surface area (TPSA) is 202 Å². The van der Waals surface area contributed by atoms with Gasteiger partial charge in [-0.1, -0.05) is 96.1 Å². The summed E-state index contributed by atoms with van der Waals surface area (Å²) in [5.74, 6) is -3.16. The minimum Gasteiger partial charge on any atom is -0.481 e. The zero-order valence-corrected chi connectivity index (χ0v) is 37.5. The van der Waals surface area contributed by atoms with Crippen LogP contribution in [0.15, 0.2) is 131 Å². The van der Waals surface area contributed by atoms with Crippen LogP contribution in [0.4, 0.5) is 11.4 Å². The smallest absolute Gasteiger partial charge is 0.326 e. The van der Waals surface area contributed by atoms with Gasteiger partial charge < -0.3 is 19.7 Å². The van der Waals surface area contributed by atoms with Gasteiger partial charge in [0.15, 0.2) is 0 Å². The van der Waals surface area contributed by atoms with E-state index in [-0.39, 0.29) is 47.3 Å². The van der Waals surface area contributed by atoms with E-state index in [1.807, 2.05) is 32.0 Å². The SMILES string of the molecule is CCOC(=O)CCc1ccc(N(CC(=O)OCC)S(=O)(=O)c2ccc(C)cc2)c2ccccc12.Cc1ccc(S(=O)(=O)N(CC(=O)O)c2ccc(CCC(=O)O)c3ccccc23)cc1. The Balaban J connectivity index is 0.000000243. The zero-order chi connectivity index (χ0) is 46.6. The van der Waals surface area contributed by atoms with Gasteiger partial charge in [-0.3, -0.25) is 27.8 Å². The number of ether oxygens (including phenoxy) is 2. The Hall–Kier alpha value is -6.78. The van der Waals surface area contributed by atoms with Crippen LogP contribution >= 0.6 is 0 Å². The van der Waals surface area contributed by atoms with Crippen molar-refractivity contribution in [1.82, 2.24) is 0 Å². The third kappa shape index (κ3) is 11.8. The quantitative estimate of drug-likeness (QED) is 0.0793. The molecule has 0 bridgehead atoms. The van der Waals surface area contributed by atoms with Crippen LogP contribution in [0, 0.1) is 13.8 Å². The molecule has 6 aromatic carbocycles. The van der Waals surface area contributed by atoms with Crippen molar-refractivity contribution in [2.75, 3.05) is 34.9 Å². The number of fused-ring (bicyclic) bond motifs is 2. The van der Waals surface area contributed by atoms with Crippen molar-refractivity contribution >= 4 is 76.8 Å². The van der Waals surface area contributed by atoms with E-state index < -0.39 is 51.0 Å². The van der Waals surface area contributed by atoms with E-state index in [9.17, 15) is 41.1 Å². The molecule has 16 heteroatoms. The van der Waals surface area contributed by atoms with Gasteiger partial charge in [-0.25, -0.2) is 16.8 Å². The summed E-state index contributed by atoms with van der Waals surface area (Å²) in [7, 11) is -8.20. The molecule has 14 nitrogen and oxygen atoms in total. The van der Waals surface area contributed by atoms with Gasteiger partial charge in [-0.2, -0.15) is 0 Å². The summed E-state index contributed by atoms with van der Waals surface area (Å²) in [5.41, 5.74) is 4.03. The molecule has 0 aromatic heterocycles. The van der Waals surface area contributed by atoms with E-state index in [1.54, 1.807) is 86.6 Å². The lowest BCUT2D eigenvalue weighted by molar-refractivity contribution is -0.143. The van der Waals surface area contributed by atoms with Crippen molar-refractivity contribution in [2.45, 2.75) is 63.2 Å². The number of nitrogens with zero attached hydrogens (tertiary/aromatic N) is 2. The van der Waals surface area contributed by atoms with E-state index in [0.29, 0.717) is 34.9 Å². The summed E-state index contributed by atoms with van der Waals surface area (Å²) in [6.07, 6.45) is 0.872. The van der Waals surface area contributed by atoms with Crippen molar-refractivity contribution < 1.29 is 55.7 Å². The van der Waals surface area contributed by atoms with E-state index in [0.717, 1.165) is 36.3 Å². The van der Waals surface area contributed by atoms with Crippen molar-refractivity contribution in [3.05, 3.63) is 144 Å². The number of carboxylic acid groups (broad SMARTS) is 2. The molecule has 6 rings (SSSR count). The monoisotopic (exact) mass is 910 g/mol. The number of sulfonamides is 2. The summed E-state index contributed by atoms with van der Waals surface area (Å²) in [4.78, 5) is 46.8. The molecular formula is C48H50N2O12S2. The molecule has 0 aliphatic carbocycles. The molecular weight excluding hydrogens is 861 g/mol. The van der Waals surface area contributed by atoms with Crippen molar-refractivity contribution in [2.24, 2.45) is 0 Å². The molecule has 0 spiro atoms. The Morgan fingerprint density at radius 3 is 1.28 bits per heavy atom. The third-order valence-electron chi connectivity index (χ3n) is 10.1. The molecule has 6 aromatic rings. The lowest BCUT2D eigenvalue weighted by atomic mass is 9.99. The molecule has 0 heterocycles. The van der Waals surface area contributed by atoms with Crippen molar-refractivity contribution in [1.29, 1.82) is 0 Å². The van der Waals surface area contributed by atoms with Gasteiger partial charge in [-0.05, 0) is 98.8 Å². The Morgan fingerprint density at radius 1 is 0.484 bits per heavy atom. The molecule has 0 unspecified atom stereocenters. The maximum Gasteiger partial charge on any atom is 0.326 e. The van der Waals surface area contributed by atoms with E-state index in [1.165, 1.54) is 30.3 Å². The Bertz CT molecular complexity index is 2860. The first kappa shape index (κ1) is 48.3. The molecule has 0 radical (unpaired) electrons. The summed E-state index contributed by atoms with van der Waals surface area (Å²) in [5, 5.41) is 21.1. The lowest BCUT2D eigenvalue weighted by Crippen LogP contribution is -2.36. The minimum atomic E-state index is -4.14. The number of esters is 2. The number of benzene rings is 6. The second-order valence-corrected chi connectivity index (χ2v) is 18.4. The highest BCUT2D eigenvalue weighted by Gasteiger charge is 2.31. The van der Waals surface area contributed by atoms with Gasteiger partial charge >= 0.3 is 23.9 Å². The number of aryl methyl sites for hydroxylation is 4. The Labute approximate surface area is 372 Å². The second-order valence-electron chi connectivity index (χ2n) is 14.6. The molecule has 0 aliphatic heterocycles. The normalized spacial score (nSPS) is 11.3. The average molecular weight is 911 g/mol. The molecule has 0 aliphatic rings. The fourth-order valence-electron chi connectivity index (χ4n) is 6.99. The lowest BCUT2D eigenvalue weighted by Gasteiger charge is -2.25. The molecule has 64 heavy (non-hydrogen) atoms. The molecule has 0 saturated heterocycles. The summed E-state index contributed by atoms with van der Waals surface area (Å²) in [6, 6.07) is 33.6. The van der Waals surface area contributed by atoms with Crippen LogP contribution in [0.5, 0.6) is 0 Å². The Kier molecular flexibility index (Phi) is 16.2. The van der Waals surface area contributed by atoms with Gasteiger partial charge in [0, 0.05) is 23.6 Å². The third-order valence-corrected chi connectivity index (χ3v) is 13.7. The highest BCUT2D eigenvalue weighted by molar-refractivity contribution is 7.93. The summed E-state index contributed by atoms with van der Waals surface area (Å²) in [6.45, 7) is 6.39. The first-order valence-corrected chi connectivity index (χ1v) is 23.3. The van der Waals surface area contributed by atoms with Crippen LogP contribution < -0.4 is 8.61 Å². The van der Waals surface area contributed by atoms with Crippen LogP contribution in [0.25, 0.3) is 21.5 Å². The van der Waals surface area contributed by atoms with E-state index in [2.05, 4.69) is 0 Å². The number of rotatable bonds is 18. The molecule has 0 fully saturated rings. The molecule has 0 amide bonds. The molecule has 2 N–H and O–H groups in total. The summed E-state index contributed by atoms with van der Waals surface area (Å²) >= 11 is 0. The maximum absolute atomic E-state index is 13.7. The number of carboxylic acids is 2. The maximum atomic E-state index is 13.7. The summed E-state index contributed by atoms with van der Waals surface area (Å²) < 4.78 is 66.0. The fraction of sp³-hybridized carbons (Fsp3) is 0.250. The standard InChI is InChI=1S/C26H29NO6S.C22H21NO6S/c1-4-32-25(28)17-13-20-12-16-24(23-9-7-6-8-22(20)23)27(18-26(29)33-5-2)34(30,31)21-14-10-19(3)11-15-21;1-15-6-10-17(11-7-15)30(28,29)23(14-22(26)27)20-12-8-16(9-13-21(24)25)18-4-2-3-5-19(18)20/h6-12,14-16H,4-5,13,17-18H2,1-3H3;2-8,10-12H,9,13-14H2,1H3,(H,24,25)(H,26,27). The van der Waals surface area contributed by atoms with Gasteiger partial charge in [-0.15, -0.1) is 0 Å². The largest absolute Gasteiger partial charge is 0.481 e. The predicted molar refractivity (Wildman–Crippen MR) is 244 cm³/mol. The molecule has 0 saturated carbocycles. The zero-order valence-electron chi connectivity index (χ0n) is 35.9. The van der Waals surface area contributed by atoms with Gasteiger partial charge in [0.2, 0.25) is 0 Å². The Morgan fingerprint density at radius 2 is 0.875 bits per heavy atom. The van der Waals surface area contributed by atoms with Crippen molar-refractivity contribution in [3.8, 4) is 0 Å². The number of aliphatic carboxylic acids is 2. The van der Waals surface area contributed by atoms with Crippen LogP contribution in [0.2, 0.25) is 0 Å². The molecule has 0 atom stereocenters. The van der Waals surface area contributed by atoms with Gasteiger partial charge in [0.05, 0.1) is 34.4 Å². The number of carbonyl (C=O) groups is 4. The van der Waals surface area contributed by atoms with Crippen LogP contribution in [-0.2, 0) is 61.5 Å². The number of hydrogen-bond acceptors (Lipinski definition) is 10. The minimum absolute atomic E-state index is 0.00613. The van der Waals surface area contributed by atoms with Crippen LogP contribution in [0.3, 0.4) is 0 Å². The van der Waals surface area contributed by atoms with Gasteiger partial charge in [0.25, 0.3) is 20.0 Å². The molecule has 336 valence electrons. The predicted octanol–water partition coefficient (Wildman–Crippen LogP) is 7.85. The van der Waals surface area contributed by atoms with Crippen LogP contribution in [-0.4, -0.2) is 77.2 Å². The highest BCUT2D eigenvalue weighted by Crippen LogP contribution is 2.35.